The molecule has 3 rings (SSSR count). The van der Waals surface area contributed by atoms with Crippen LogP contribution in [0.15, 0.2) is 60.7 Å². The van der Waals surface area contributed by atoms with Crippen molar-refractivity contribution in [1.82, 2.24) is 14.9 Å². The van der Waals surface area contributed by atoms with Crippen molar-refractivity contribution in [3.8, 4) is 5.75 Å². The molecule has 158 valence electrons. The van der Waals surface area contributed by atoms with Crippen LogP contribution in [0.2, 0.25) is 0 Å². The summed E-state index contributed by atoms with van der Waals surface area (Å²) in [5, 5.41) is 2.89. The van der Waals surface area contributed by atoms with E-state index >= 15 is 0 Å². The van der Waals surface area contributed by atoms with Gasteiger partial charge in [0.25, 0.3) is 0 Å². The van der Waals surface area contributed by atoms with Crippen LogP contribution in [0, 0.1) is 6.92 Å². The Morgan fingerprint density at radius 2 is 1.97 bits per heavy atom. The number of aromatic nitrogens is 2. The van der Waals surface area contributed by atoms with E-state index in [0.29, 0.717) is 18.7 Å². The molecule has 1 amide bonds. The fourth-order valence-electron chi connectivity index (χ4n) is 3.43. The number of hydrogen-bond acceptors (Lipinski definition) is 3. The van der Waals surface area contributed by atoms with Crippen LogP contribution in [0.5, 0.6) is 5.75 Å². The third-order valence-corrected chi connectivity index (χ3v) is 5.02. The van der Waals surface area contributed by atoms with Crippen molar-refractivity contribution in [2.75, 3.05) is 13.2 Å². The van der Waals surface area contributed by atoms with Gasteiger partial charge >= 0.3 is 0 Å². The average Bonchev–Trinajstić information content (AvgIpc) is 3.08. The third kappa shape index (κ3) is 5.96. The Balaban J connectivity index is 1.53. The van der Waals surface area contributed by atoms with Gasteiger partial charge in [-0.05, 0) is 62.9 Å². The number of unbranched alkanes of at least 4 members (excludes halogenated alkanes) is 1. The fraction of sp³-hybridized carbons (Fsp3) is 0.360. The molecule has 0 bridgehead atoms. The van der Waals surface area contributed by atoms with Crippen LogP contribution in [0.3, 0.4) is 0 Å². The number of carbonyl (C=O) groups is 1. The molecule has 0 fully saturated rings. The van der Waals surface area contributed by atoms with Crippen molar-refractivity contribution < 1.29 is 9.53 Å². The summed E-state index contributed by atoms with van der Waals surface area (Å²) < 4.78 is 8.18. The summed E-state index contributed by atoms with van der Waals surface area (Å²) in [4.78, 5) is 16.5. The molecule has 30 heavy (non-hydrogen) atoms. The standard InChI is InChI=1S/C25H31N3O2/c1-19(2)25(29)26-15-9-14-24-27-22-12-4-5-13-23(22)28(24)16-6-7-17-30-21-11-8-10-20(3)18-21/h4-5,8,10-13,18H,1,6-7,9,14-17H2,2-3H3,(H,26,29). The van der Waals surface area contributed by atoms with Crippen molar-refractivity contribution >= 4 is 16.9 Å². The number of carbonyl (C=O) groups excluding carboxylic acids is 1. The van der Waals surface area contributed by atoms with E-state index in [1.54, 1.807) is 6.92 Å². The highest BCUT2D eigenvalue weighted by Crippen LogP contribution is 2.18. The van der Waals surface area contributed by atoms with Gasteiger partial charge in [0.1, 0.15) is 11.6 Å². The molecule has 0 atom stereocenters. The molecule has 5 heteroatoms. The zero-order chi connectivity index (χ0) is 21.3. The molecule has 1 N–H and O–H groups in total. The molecule has 2 aromatic carbocycles. The summed E-state index contributed by atoms with van der Waals surface area (Å²) in [6.45, 7) is 9.70. The van der Waals surface area contributed by atoms with Crippen LogP contribution < -0.4 is 10.1 Å². The molecule has 0 aliphatic rings. The molecule has 3 aromatic rings. The number of nitrogens with zero attached hydrogens (tertiary/aromatic N) is 2. The van der Waals surface area contributed by atoms with Gasteiger partial charge in [-0.3, -0.25) is 4.79 Å². The Kier molecular flexibility index (Phi) is 7.66. The molecule has 0 aliphatic carbocycles. The minimum absolute atomic E-state index is 0.0860. The molecule has 1 aromatic heterocycles. The highest BCUT2D eigenvalue weighted by molar-refractivity contribution is 5.92. The van der Waals surface area contributed by atoms with Crippen LogP contribution in [0.4, 0.5) is 0 Å². The van der Waals surface area contributed by atoms with E-state index in [9.17, 15) is 4.79 Å². The van der Waals surface area contributed by atoms with E-state index < -0.39 is 0 Å². The zero-order valence-electron chi connectivity index (χ0n) is 18.0. The Morgan fingerprint density at radius 1 is 1.13 bits per heavy atom. The maximum absolute atomic E-state index is 11.6. The largest absolute Gasteiger partial charge is 0.494 e. The lowest BCUT2D eigenvalue weighted by Gasteiger charge is -2.11. The first-order valence-electron chi connectivity index (χ1n) is 10.6. The van der Waals surface area contributed by atoms with E-state index in [1.165, 1.54) is 5.56 Å². The number of para-hydroxylation sites is 2. The second-order valence-corrected chi connectivity index (χ2v) is 7.68. The molecule has 0 aliphatic heterocycles. The highest BCUT2D eigenvalue weighted by Gasteiger charge is 2.10. The first-order valence-corrected chi connectivity index (χ1v) is 10.6. The van der Waals surface area contributed by atoms with Gasteiger partial charge in [-0.25, -0.2) is 4.98 Å². The lowest BCUT2D eigenvalue weighted by atomic mass is 10.2. The van der Waals surface area contributed by atoms with Gasteiger partial charge in [-0.15, -0.1) is 0 Å². The van der Waals surface area contributed by atoms with Crippen LogP contribution in [0.25, 0.3) is 11.0 Å². The summed E-state index contributed by atoms with van der Waals surface area (Å²) in [5.41, 5.74) is 3.93. The van der Waals surface area contributed by atoms with Gasteiger partial charge in [0.05, 0.1) is 17.6 Å². The predicted octanol–water partition coefficient (Wildman–Crippen LogP) is 4.83. The molecule has 5 nitrogen and oxygen atoms in total. The van der Waals surface area contributed by atoms with Gasteiger partial charge < -0.3 is 14.6 Å². The fourth-order valence-corrected chi connectivity index (χ4v) is 3.43. The topological polar surface area (TPSA) is 56.2 Å². The quantitative estimate of drug-likeness (QED) is 0.367. The first-order chi connectivity index (χ1) is 14.5. The maximum atomic E-state index is 11.6. The zero-order valence-corrected chi connectivity index (χ0v) is 18.0. The molecule has 0 radical (unpaired) electrons. The monoisotopic (exact) mass is 405 g/mol. The van der Waals surface area contributed by atoms with Gasteiger partial charge in [0, 0.05) is 25.1 Å². The number of ether oxygens (including phenoxy) is 1. The van der Waals surface area contributed by atoms with Gasteiger partial charge in [0.2, 0.25) is 5.91 Å². The summed E-state index contributed by atoms with van der Waals surface area (Å²) >= 11 is 0. The average molecular weight is 406 g/mol. The number of rotatable bonds is 11. The van der Waals surface area contributed by atoms with Gasteiger partial charge in [-0.1, -0.05) is 30.8 Å². The molecular weight excluding hydrogens is 374 g/mol. The normalized spacial score (nSPS) is 10.9. The Labute approximate surface area is 178 Å². The number of benzene rings is 2. The maximum Gasteiger partial charge on any atom is 0.246 e. The van der Waals surface area contributed by atoms with Crippen molar-refractivity contribution in [3.05, 3.63) is 72.1 Å². The molecule has 0 spiro atoms. The minimum atomic E-state index is -0.0860. The van der Waals surface area contributed by atoms with Gasteiger partial charge in [0.15, 0.2) is 0 Å². The van der Waals surface area contributed by atoms with Crippen LogP contribution in [0.1, 0.15) is 37.6 Å². The molecule has 0 unspecified atom stereocenters. The van der Waals surface area contributed by atoms with Crippen molar-refractivity contribution in [1.29, 1.82) is 0 Å². The number of imidazole rings is 1. The summed E-state index contributed by atoms with van der Waals surface area (Å²) in [5.74, 6) is 1.91. The van der Waals surface area contributed by atoms with Crippen LogP contribution in [-0.2, 0) is 17.8 Å². The smallest absolute Gasteiger partial charge is 0.246 e. The van der Waals surface area contributed by atoms with Crippen LogP contribution in [-0.4, -0.2) is 28.6 Å². The SMILES string of the molecule is C=C(C)C(=O)NCCCc1nc2ccccc2n1CCCCOc1cccc(C)c1. The summed E-state index contributed by atoms with van der Waals surface area (Å²) in [6.07, 6.45) is 3.67. The summed E-state index contributed by atoms with van der Waals surface area (Å²) in [7, 11) is 0. The van der Waals surface area contributed by atoms with E-state index in [-0.39, 0.29) is 5.91 Å². The number of hydrogen-bond donors (Lipinski definition) is 1. The minimum Gasteiger partial charge on any atom is -0.494 e. The van der Waals surface area contributed by atoms with Crippen molar-refractivity contribution in [2.24, 2.45) is 0 Å². The molecule has 0 saturated heterocycles. The number of amides is 1. The van der Waals surface area contributed by atoms with Crippen molar-refractivity contribution in [2.45, 2.75) is 46.1 Å². The third-order valence-electron chi connectivity index (χ3n) is 5.02. The second-order valence-electron chi connectivity index (χ2n) is 7.68. The predicted molar refractivity (Wildman–Crippen MR) is 122 cm³/mol. The van der Waals surface area contributed by atoms with Crippen LogP contribution >= 0.6 is 0 Å². The van der Waals surface area contributed by atoms with E-state index in [2.05, 4.69) is 53.7 Å². The Hall–Kier alpha value is -3.08. The molecular formula is C25H31N3O2. The first kappa shape index (κ1) is 21.6. The lowest BCUT2D eigenvalue weighted by molar-refractivity contribution is -0.117. The molecule has 1 heterocycles. The van der Waals surface area contributed by atoms with Crippen molar-refractivity contribution in [3.63, 3.8) is 0 Å². The Morgan fingerprint density at radius 3 is 2.77 bits per heavy atom. The second kappa shape index (κ2) is 10.6. The number of fused-ring (bicyclic) bond motifs is 1. The van der Waals surface area contributed by atoms with E-state index in [4.69, 9.17) is 9.72 Å². The van der Waals surface area contributed by atoms with Gasteiger partial charge in [-0.2, -0.15) is 0 Å². The number of aryl methyl sites for hydroxylation is 3. The van der Waals surface area contributed by atoms with E-state index in [0.717, 1.165) is 54.8 Å². The highest BCUT2D eigenvalue weighted by atomic mass is 16.5. The Bertz CT molecular complexity index is 1010. The summed E-state index contributed by atoms with van der Waals surface area (Å²) in [6, 6.07) is 16.4. The number of nitrogens with one attached hydrogen (secondary N) is 1. The molecule has 0 saturated carbocycles. The van der Waals surface area contributed by atoms with E-state index in [1.807, 2.05) is 18.2 Å². The lowest BCUT2D eigenvalue weighted by Crippen LogP contribution is -2.25.